The van der Waals surface area contributed by atoms with E-state index in [-0.39, 0.29) is 5.91 Å². The number of nitrogens with one attached hydrogen (secondary N) is 1. The Balaban J connectivity index is 1.89. The Labute approximate surface area is 152 Å². The van der Waals surface area contributed by atoms with E-state index < -0.39 is 0 Å². The first-order chi connectivity index (χ1) is 12.5. The molecule has 0 aliphatic heterocycles. The summed E-state index contributed by atoms with van der Waals surface area (Å²) in [7, 11) is 3.12. The van der Waals surface area contributed by atoms with Gasteiger partial charge in [-0.25, -0.2) is 4.68 Å². The van der Waals surface area contributed by atoms with Crippen LogP contribution in [0.2, 0.25) is 0 Å². The zero-order valence-electron chi connectivity index (χ0n) is 15.2. The van der Waals surface area contributed by atoms with E-state index in [1.54, 1.807) is 43.2 Å². The van der Waals surface area contributed by atoms with Gasteiger partial charge in [0.2, 0.25) is 0 Å². The summed E-state index contributed by atoms with van der Waals surface area (Å²) < 4.78 is 12.3. The molecule has 1 N–H and O–H groups in total. The number of rotatable bonds is 5. The van der Waals surface area contributed by atoms with Crippen molar-refractivity contribution in [1.82, 2.24) is 9.78 Å². The van der Waals surface area contributed by atoms with Crippen LogP contribution in [0.4, 0.5) is 5.69 Å². The molecule has 6 nitrogen and oxygen atoms in total. The smallest absolute Gasteiger partial charge is 0.276 e. The van der Waals surface area contributed by atoms with Gasteiger partial charge in [-0.15, -0.1) is 0 Å². The van der Waals surface area contributed by atoms with E-state index in [1.807, 2.05) is 38.1 Å². The summed E-state index contributed by atoms with van der Waals surface area (Å²) in [6, 6.07) is 14.9. The number of amides is 1. The number of hydrogen-bond donors (Lipinski definition) is 1. The number of carbonyl (C=O) groups excluding carboxylic acids is 1. The summed E-state index contributed by atoms with van der Waals surface area (Å²) in [5, 5.41) is 7.28. The predicted octanol–water partition coefficient (Wildman–Crippen LogP) is 3.76. The van der Waals surface area contributed by atoms with Crippen molar-refractivity contribution in [2.45, 2.75) is 13.8 Å². The molecular formula is C20H21N3O3. The van der Waals surface area contributed by atoms with E-state index in [0.29, 0.717) is 22.9 Å². The van der Waals surface area contributed by atoms with Crippen LogP contribution in [-0.2, 0) is 0 Å². The fourth-order valence-corrected chi connectivity index (χ4v) is 2.70. The largest absolute Gasteiger partial charge is 0.497 e. The first-order valence-electron chi connectivity index (χ1n) is 8.19. The molecule has 0 aliphatic rings. The highest BCUT2D eigenvalue weighted by molar-refractivity contribution is 6.03. The van der Waals surface area contributed by atoms with Crippen LogP contribution in [0, 0.1) is 13.8 Å². The minimum absolute atomic E-state index is 0.314. The van der Waals surface area contributed by atoms with Crippen molar-refractivity contribution >= 4 is 11.6 Å². The van der Waals surface area contributed by atoms with Gasteiger partial charge in [-0.3, -0.25) is 4.79 Å². The molecule has 0 saturated carbocycles. The maximum absolute atomic E-state index is 12.7. The van der Waals surface area contributed by atoms with E-state index in [9.17, 15) is 4.79 Å². The monoisotopic (exact) mass is 351 g/mol. The number of ether oxygens (including phenoxy) is 2. The Morgan fingerprint density at radius 1 is 1.04 bits per heavy atom. The molecule has 134 valence electrons. The first kappa shape index (κ1) is 17.5. The maximum Gasteiger partial charge on any atom is 0.276 e. The number of aryl methyl sites for hydroxylation is 2. The Bertz CT molecular complexity index is 947. The molecular weight excluding hydrogens is 330 g/mol. The number of carbonyl (C=O) groups is 1. The van der Waals surface area contributed by atoms with Crippen molar-refractivity contribution in [3.8, 4) is 17.2 Å². The second-order valence-electron chi connectivity index (χ2n) is 5.94. The van der Waals surface area contributed by atoms with Crippen LogP contribution in [-0.4, -0.2) is 29.9 Å². The van der Waals surface area contributed by atoms with Crippen molar-refractivity contribution in [3.05, 3.63) is 65.5 Å². The third-order valence-electron chi connectivity index (χ3n) is 4.02. The molecule has 0 aliphatic carbocycles. The van der Waals surface area contributed by atoms with E-state index in [4.69, 9.17) is 9.47 Å². The zero-order chi connectivity index (χ0) is 18.7. The van der Waals surface area contributed by atoms with Crippen LogP contribution >= 0.6 is 0 Å². The maximum atomic E-state index is 12.7. The van der Waals surface area contributed by atoms with Gasteiger partial charge in [0.1, 0.15) is 11.5 Å². The Morgan fingerprint density at radius 3 is 2.54 bits per heavy atom. The van der Waals surface area contributed by atoms with Crippen molar-refractivity contribution < 1.29 is 14.3 Å². The third-order valence-corrected chi connectivity index (χ3v) is 4.02. The summed E-state index contributed by atoms with van der Waals surface area (Å²) in [5.41, 5.74) is 3.77. The van der Waals surface area contributed by atoms with Gasteiger partial charge in [0.25, 0.3) is 5.91 Å². The number of aromatic nitrogens is 2. The highest BCUT2D eigenvalue weighted by Crippen LogP contribution is 2.29. The van der Waals surface area contributed by atoms with Gasteiger partial charge in [0.15, 0.2) is 5.69 Å². The molecule has 1 heterocycles. The molecule has 0 unspecified atom stereocenters. The summed E-state index contributed by atoms with van der Waals surface area (Å²) in [4.78, 5) is 12.7. The highest BCUT2D eigenvalue weighted by atomic mass is 16.5. The van der Waals surface area contributed by atoms with Crippen LogP contribution < -0.4 is 14.8 Å². The molecule has 0 saturated heterocycles. The fourth-order valence-electron chi connectivity index (χ4n) is 2.70. The van der Waals surface area contributed by atoms with Crippen molar-refractivity contribution in [2.24, 2.45) is 0 Å². The molecule has 1 aromatic heterocycles. The third kappa shape index (κ3) is 3.54. The number of hydrogen-bond acceptors (Lipinski definition) is 4. The topological polar surface area (TPSA) is 65.4 Å². The number of anilines is 1. The lowest BCUT2D eigenvalue weighted by molar-refractivity contribution is 0.102. The van der Waals surface area contributed by atoms with Crippen molar-refractivity contribution in [2.75, 3.05) is 19.5 Å². The molecule has 3 rings (SSSR count). The van der Waals surface area contributed by atoms with E-state index in [2.05, 4.69) is 10.4 Å². The molecule has 3 aromatic rings. The van der Waals surface area contributed by atoms with E-state index >= 15 is 0 Å². The van der Waals surface area contributed by atoms with E-state index in [0.717, 1.165) is 16.9 Å². The Kier molecular flexibility index (Phi) is 4.93. The van der Waals surface area contributed by atoms with Gasteiger partial charge < -0.3 is 14.8 Å². The normalized spacial score (nSPS) is 10.5. The lowest BCUT2D eigenvalue weighted by Crippen LogP contribution is -2.14. The van der Waals surface area contributed by atoms with Gasteiger partial charge in [-0.1, -0.05) is 12.1 Å². The Morgan fingerprint density at radius 2 is 1.85 bits per heavy atom. The summed E-state index contributed by atoms with van der Waals surface area (Å²) >= 11 is 0. The number of benzene rings is 2. The zero-order valence-corrected chi connectivity index (χ0v) is 15.2. The highest BCUT2D eigenvalue weighted by Gasteiger charge is 2.16. The molecule has 0 atom stereocenters. The predicted molar refractivity (Wildman–Crippen MR) is 101 cm³/mol. The summed E-state index contributed by atoms with van der Waals surface area (Å²) in [6.07, 6.45) is 0. The van der Waals surface area contributed by atoms with Crippen molar-refractivity contribution in [3.63, 3.8) is 0 Å². The second-order valence-corrected chi connectivity index (χ2v) is 5.94. The molecule has 0 bridgehead atoms. The van der Waals surface area contributed by atoms with Gasteiger partial charge in [0, 0.05) is 11.8 Å². The van der Waals surface area contributed by atoms with Crippen LogP contribution in [0.5, 0.6) is 11.5 Å². The van der Waals surface area contributed by atoms with Crippen LogP contribution in [0.15, 0.2) is 48.5 Å². The number of methoxy groups -OCH3 is 2. The van der Waals surface area contributed by atoms with E-state index in [1.165, 1.54) is 0 Å². The lowest BCUT2D eigenvalue weighted by atomic mass is 10.2. The molecule has 1 amide bonds. The SMILES string of the molecule is COc1ccc(OC)c(NC(=O)c2cc(C)n(-c3cccc(C)c3)n2)c1. The molecule has 6 heteroatoms. The van der Waals surface area contributed by atoms with Gasteiger partial charge in [-0.05, 0) is 49.7 Å². The quantitative estimate of drug-likeness (QED) is 0.760. The molecule has 2 aromatic carbocycles. The molecule has 26 heavy (non-hydrogen) atoms. The lowest BCUT2D eigenvalue weighted by Gasteiger charge is -2.11. The van der Waals surface area contributed by atoms with Gasteiger partial charge in [-0.2, -0.15) is 5.10 Å². The van der Waals surface area contributed by atoms with Crippen LogP contribution in [0.3, 0.4) is 0 Å². The molecule has 0 spiro atoms. The Hall–Kier alpha value is -3.28. The molecule has 0 radical (unpaired) electrons. The average Bonchev–Trinajstić information content (AvgIpc) is 3.03. The van der Waals surface area contributed by atoms with Crippen LogP contribution in [0.1, 0.15) is 21.7 Å². The summed E-state index contributed by atoms with van der Waals surface area (Å²) in [6.45, 7) is 3.93. The van der Waals surface area contributed by atoms with Gasteiger partial charge >= 0.3 is 0 Å². The summed E-state index contributed by atoms with van der Waals surface area (Å²) in [5.74, 6) is 0.864. The van der Waals surface area contributed by atoms with Crippen molar-refractivity contribution in [1.29, 1.82) is 0 Å². The average molecular weight is 351 g/mol. The molecule has 0 fully saturated rings. The first-order valence-corrected chi connectivity index (χ1v) is 8.19. The minimum atomic E-state index is -0.314. The second kappa shape index (κ2) is 7.31. The number of nitrogens with zero attached hydrogens (tertiary/aromatic N) is 2. The van der Waals surface area contributed by atoms with Crippen LogP contribution in [0.25, 0.3) is 5.69 Å². The standard InChI is InChI=1S/C20H21N3O3/c1-13-6-5-7-15(10-13)23-14(2)11-18(22-23)20(24)21-17-12-16(25-3)8-9-19(17)26-4/h5-12H,1-4H3,(H,21,24). The minimum Gasteiger partial charge on any atom is -0.497 e. The fraction of sp³-hybridized carbons (Fsp3) is 0.200. The van der Waals surface area contributed by atoms with Gasteiger partial charge in [0.05, 0.1) is 25.6 Å².